The average Bonchev–Trinajstić information content (AvgIpc) is 4.00. The standard InChI is InChI=1S/C58H45BN2O2S/c1-57(2,3)35-24-27-37(28-25-35)61-44-30-31-49-50(40-20-12-15-23-48(40)64-49)51(44)52-53-45(33-42-38-18-10-13-21-46(38)62-55(42)52)60(54-39-19-11-14-22-47(39)63-56(54)59(53)61)43-29-26-36(58(4,5)6)32-41(43)34-16-8-7-9-17-34/h7-33H,1-6H3. The average molecular weight is 845 g/mol. The first-order valence-electron chi connectivity index (χ1n) is 22.4. The minimum absolute atomic E-state index is 0.00298. The molecule has 0 radical (unpaired) electrons. The minimum atomic E-state index is -0.328. The van der Waals surface area contributed by atoms with E-state index in [1.807, 2.05) is 11.3 Å². The summed E-state index contributed by atoms with van der Waals surface area (Å²) >= 11 is 1.86. The highest BCUT2D eigenvalue weighted by molar-refractivity contribution is 7.26. The molecular formula is C58H45BN2O2S. The fourth-order valence-electron chi connectivity index (χ4n) is 10.6. The van der Waals surface area contributed by atoms with Crippen LogP contribution in [0.4, 0.5) is 28.4 Å². The molecule has 11 aromatic rings. The molecule has 5 heterocycles. The van der Waals surface area contributed by atoms with Gasteiger partial charge in [0.2, 0.25) is 0 Å². The normalized spacial score (nSPS) is 13.7. The Kier molecular flexibility index (Phi) is 7.78. The van der Waals surface area contributed by atoms with Gasteiger partial charge < -0.3 is 18.5 Å². The molecule has 0 saturated carbocycles. The van der Waals surface area contributed by atoms with Crippen molar-refractivity contribution in [2.45, 2.75) is 52.4 Å². The van der Waals surface area contributed by atoms with Gasteiger partial charge in [0.05, 0.1) is 11.4 Å². The maximum Gasteiger partial charge on any atom is 0.376 e. The number of rotatable bonds is 3. The number of nitrogens with zero attached hydrogens (tertiary/aromatic N) is 2. The molecule has 0 atom stereocenters. The molecule has 2 aliphatic rings. The lowest BCUT2D eigenvalue weighted by atomic mass is 9.45. The summed E-state index contributed by atoms with van der Waals surface area (Å²) in [6.07, 6.45) is 0. The second kappa shape index (κ2) is 13.3. The summed E-state index contributed by atoms with van der Waals surface area (Å²) in [6.45, 7) is 13.4. The quantitative estimate of drug-likeness (QED) is 0.166. The van der Waals surface area contributed by atoms with Crippen LogP contribution in [0.25, 0.3) is 75.3 Å². The fourth-order valence-corrected chi connectivity index (χ4v) is 11.8. The largest absolute Gasteiger partial charge is 0.466 e. The molecular weight excluding hydrogens is 800 g/mol. The van der Waals surface area contributed by atoms with E-state index in [9.17, 15) is 0 Å². The van der Waals surface area contributed by atoms with Crippen molar-refractivity contribution in [3.8, 4) is 22.3 Å². The zero-order chi connectivity index (χ0) is 43.2. The molecule has 64 heavy (non-hydrogen) atoms. The van der Waals surface area contributed by atoms with E-state index >= 15 is 0 Å². The second-order valence-electron chi connectivity index (χ2n) is 19.7. The van der Waals surface area contributed by atoms with Crippen LogP contribution in [-0.2, 0) is 10.8 Å². The Hall–Kier alpha value is -7.02. The van der Waals surface area contributed by atoms with Crippen LogP contribution in [-0.4, -0.2) is 6.85 Å². The highest BCUT2D eigenvalue weighted by atomic mass is 32.1. The molecule has 308 valence electrons. The molecule has 0 aliphatic carbocycles. The molecule has 4 nitrogen and oxygen atoms in total. The summed E-state index contributed by atoms with van der Waals surface area (Å²) in [4.78, 5) is 5.09. The van der Waals surface area contributed by atoms with Crippen molar-refractivity contribution in [3.63, 3.8) is 0 Å². The van der Waals surface area contributed by atoms with E-state index in [4.69, 9.17) is 8.83 Å². The molecule has 2 aliphatic heterocycles. The molecule has 0 amide bonds. The zero-order valence-electron chi connectivity index (χ0n) is 36.8. The lowest BCUT2D eigenvalue weighted by Crippen LogP contribution is -2.61. The van der Waals surface area contributed by atoms with E-state index in [0.717, 1.165) is 72.6 Å². The molecule has 0 spiro atoms. The van der Waals surface area contributed by atoms with Crippen molar-refractivity contribution in [2.24, 2.45) is 0 Å². The molecule has 13 rings (SSSR count). The fraction of sp³-hybridized carbons (Fsp3) is 0.138. The topological polar surface area (TPSA) is 32.8 Å². The number of anilines is 5. The van der Waals surface area contributed by atoms with Crippen LogP contribution in [0.2, 0.25) is 0 Å². The molecule has 0 saturated heterocycles. The van der Waals surface area contributed by atoms with Crippen LogP contribution in [0.5, 0.6) is 0 Å². The first kappa shape index (κ1) is 37.5. The second-order valence-corrected chi connectivity index (χ2v) is 20.7. The van der Waals surface area contributed by atoms with E-state index in [0.29, 0.717) is 0 Å². The van der Waals surface area contributed by atoms with Crippen molar-refractivity contribution in [3.05, 3.63) is 175 Å². The van der Waals surface area contributed by atoms with Crippen molar-refractivity contribution >= 4 is 111 Å². The van der Waals surface area contributed by atoms with Gasteiger partial charge in [-0.2, -0.15) is 0 Å². The van der Waals surface area contributed by atoms with Gasteiger partial charge in [0, 0.05) is 70.1 Å². The lowest BCUT2D eigenvalue weighted by molar-refractivity contribution is 0.590. The highest BCUT2D eigenvalue weighted by Gasteiger charge is 2.50. The number of thiophene rings is 1. The van der Waals surface area contributed by atoms with Gasteiger partial charge in [-0.3, -0.25) is 0 Å². The first-order valence-corrected chi connectivity index (χ1v) is 23.2. The van der Waals surface area contributed by atoms with Crippen LogP contribution < -0.4 is 20.8 Å². The van der Waals surface area contributed by atoms with Crippen LogP contribution in [0.1, 0.15) is 52.7 Å². The summed E-state index contributed by atoms with van der Waals surface area (Å²) in [7, 11) is 0. The predicted octanol–water partition coefficient (Wildman–Crippen LogP) is 15.7. The van der Waals surface area contributed by atoms with E-state index < -0.39 is 0 Å². The van der Waals surface area contributed by atoms with E-state index in [-0.39, 0.29) is 17.7 Å². The molecule has 3 aromatic heterocycles. The summed E-state index contributed by atoms with van der Waals surface area (Å²) < 4.78 is 17.1. The molecule has 6 heteroatoms. The lowest BCUT2D eigenvalue weighted by Gasteiger charge is -2.44. The van der Waals surface area contributed by atoms with E-state index in [2.05, 4.69) is 215 Å². The SMILES string of the molecule is CC(C)(C)c1ccc(N2B3c4oc5ccccc5c4N(c4ccc(C(C)(C)C)cc4-c4ccccc4)c4cc5c(oc6ccccc65)c(c43)-c3c2ccc2sc4ccccc4c32)cc1. The van der Waals surface area contributed by atoms with Crippen LogP contribution in [0.15, 0.2) is 173 Å². The summed E-state index contributed by atoms with van der Waals surface area (Å²) in [5.41, 5.74) is 17.4. The van der Waals surface area contributed by atoms with Gasteiger partial charge in [0.1, 0.15) is 22.4 Å². The van der Waals surface area contributed by atoms with Gasteiger partial charge in [0.15, 0.2) is 0 Å². The predicted molar refractivity (Wildman–Crippen MR) is 273 cm³/mol. The smallest absolute Gasteiger partial charge is 0.376 e. The maximum absolute atomic E-state index is 7.36. The van der Waals surface area contributed by atoms with Crippen molar-refractivity contribution in [1.82, 2.24) is 0 Å². The first-order chi connectivity index (χ1) is 31.0. The molecule has 8 aromatic carbocycles. The zero-order valence-corrected chi connectivity index (χ0v) is 37.6. The molecule has 0 bridgehead atoms. The Morgan fingerprint density at radius 1 is 0.500 bits per heavy atom. The Bertz CT molecular complexity index is 3710. The van der Waals surface area contributed by atoms with Gasteiger partial charge in [-0.25, -0.2) is 0 Å². The maximum atomic E-state index is 7.36. The Morgan fingerprint density at radius 2 is 1.14 bits per heavy atom. The number of para-hydroxylation sites is 2. The number of hydrogen-bond acceptors (Lipinski definition) is 5. The molecule has 0 unspecified atom stereocenters. The molecule has 0 N–H and O–H groups in total. The third-order valence-corrected chi connectivity index (χ3v) is 14.9. The van der Waals surface area contributed by atoms with Gasteiger partial charge in [0.25, 0.3) is 0 Å². The van der Waals surface area contributed by atoms with Gasteiger partial charge in [-0.15, -0.1) is 11.3 Å². The van der Waals surface area contributed by atoms with Crippen molar-refractivity contribution < 1.29 is 8.83 Å². The number of hydrogen-bond donors (Lipinski definition) is 0. The highest BCUT2D eigenvalue weighted by Crippen LogP contribution is 2.56. The number of furan rings is 2. The van der Waals surface area contributed by atoms with Crippen LogP contribution >= 0.6 is 11.3 Å². The Labute approximate surface area is 377 Å². The Balaban J connectivity index is 1.24. The van der Waals surface area contributed by atoms with Gasteiger partial charge >= 0.3 is 6.85 Å². The van der Waals surface area contributed by atoms with E-state index in [1.165, 1.54) is 53.5 Å². The van der Waals surface area contributed by atoms with Gasteiger partial charge in [-0.05, 0) is 99.7 Å². The van der Waals surface area contributed by atoms with E-state index in [1.54, 1.807) is 0 Å². The van der Waals surface area contributed by atoms with Crippen LogP contribution in [0.3, 0.4) is 0 Å². The van der Waals surface area contributed by atoms with Crippen molar-refractivity contribution in [2.75, 3.05) is 9.71 Å². The van der Waals surface area contributed by atoms with Crippen molar-refractivity contribution in [1.29, 1.82) is 0 Å². The summed E-state index contributed by atoms with van der Waals surface area (Å²) in [6, 6.07) is 60.3. The number of benzene rings is 8. The van der Waals surface area contributed by atoms with Gasteiger partial charge in [-0.1, -0.05) is 139 Å². The monoisotopic (exact) mass is 844 g/mol. The summed E-state index contributed by atoms with van der Waals surface area (Å²) in [5, 5.41) is 5.79. The third-order valence-electron chi connectivity index (χ3n) is 13.8. The number of fused-ring (bicyclic) bond motifs is 14. The summed E-state index contributed by atoms with van der Waals surface area (Å²) in [5.74, 6) is 0. The molecule has 0 fully saturated rings. The minimum Gasteiger partial charge on any atom is -0.466 e. The third kappa shape index (κ3) is 5.29. The Morgan fingerprint density at radius 3 is 1.89 bits per heavy atom. The van der Waals surface area contributed by atoms with Crippen LogP contribution in [0, 0.1) is 0 Å².